The Labute approximate surface area is 123 Å². The zero-order valence-electron chi connectivity index (χ0n) is 12.1. The van der Waals surface area contributed by atoms with E-state index >= 15 is 0 Å². The second-order valence-corrected chi connectivity index (χ2v) is 4.44. The number of hydrogen-bond acceptors (Lipinski definition) is 5. The van der Waals surface area contributed by atoms with Gasteiger partial charge in [0.1, 0.15) is 11.5 Å². The minimum atomic E-state index is -0.629. The molecule has 1 heterocycles. The Balaban J connectivity index is 2.13. The first-order valence-electron chi connectivity index (χ1n) is 6.53. The molecule has 1 aromatic carbocycles. The van der Waals surface area contributed by atoms with Crippen LogP contribution in [0.4, 0.5) is 0 Å². The summed E-state index contributed by atoms with van der Waals surface area (Å²) in [7, 11) is 3.17. The molecular formula is C15H18N2O4. The van der Waals surface area contributed by atoms with E-state index in [0.29, 0.717) is 30.2 Å². The molecule has 1 amide bonds. The lowest BCUT2D eigenvalue weighted by atomic mass is 10.0. The minimum absolute atomic E-state index is 0.212. The topological polar surface area (TPSA) is 69.2 Å². The molecule has 1 unspecified atom stereocenters. The van der Waals surface area contributed by atoms with Crippen molar-refractivity contribution in [1.29, 1.82) is 0 Å². The van der Waals surface area contributed by atoms with Crippen LogP contribution in [0.3, 0.4) is 0 Å². The average molecular weight is 290 g/mol. The van der Waals surface area contributed by atoms with Crippen LogP contribution in [0, 0.1) is 0 Å². The fourth-order valence-corrected chi connectivity index (χ4v) is 2.00. The van der Waals surface area contributed by atoms with Crippen molar-refractivity contribution < 1.29 is 19.1 Å². The Morgan fingerprint density at radius 3 is 3.00 bits per heavy atom. The molecule has 0 saturated carbocycles. The second-order valence-electron chi connectivity index (χ2n) is 4.44. The van der Waals surface area contributed by atoms with Gasteiger partial charge < -0.3 is 19.6 Å². The molecule has 1 N–H and O–H groups in total. The third kappa shape index (κ3) is 3.34. The van der Waals surface area contributed by atoms with Crippen molar-refractivity contribution in [3.8, 4) is 11.5 Å². The number of oxime groups is 1. The molecule has 112 valence electrons. The largest absolute Gasteiger partial charge is 0.497 e. The molecule has 21 heavy (non-hydrogen) atoms. The van der Waals surface area contributed by atoms with Crippen LogP contribution < -0.4 is 14.8 Å². The third-order valence-corrected chi connectivity index (χ3v) is 3.10. The summed E-state index contributed by atoms with van der Waals surface area (Å²) in [5, 5.41) is 6.68. The van der Waals surface area contributed by atoms with Gasteiger partial charge in [0.15, 0.2) is 0 Å². The average Bonchev–Trinajstić information content (AvgIpc) is 3.01. The van der Waals surface area contributed by atoms with Gasteiger partial charge in [0.2, 0.25) is 6.10 Å². The highest BCUT2D eigenvalue weighted by molar-refractivity contribution is 6.06. The molecule has 1 aliphatic heterocycles. The van der Waals surface area contributed by atoms with Crippen molar-refractivity contribution in [1.82, 2.24) is 5.32 Å². The van der Waals surface area contributed by atoms with Crippen molar-refractivity contribution >= 4 is 11.6 Å². The lowest BCUT2D eigenvalue weighted by molar-refractivity contribution is -0.130. The fraction of sp³-hybridized carbons (Fsp3) is 0.333. The van der Waals surface area contributed by atoms with Gasteiger partial charge in [-0.25, -0.2) is 0 Å². The van der Waals surface area contributed by atoms with E-state index in [9.17, 15) is 4.79 Å². The molecule has 6 heteroatoms. The normalized spacial score (nSPS) is 16.7. The summed E-state index contributed by atoms with van der Waals surface area (Å²) in [6.45, 7) is 3.95. The highest BCUT2D eigenvalue weighted by Crippen LogP contribution is 2.28. The fourth-order valence-electron chi connectivity index (χ4n) is 2.00. The molecule has 0 bridgehead atoms. The Bertz CT molecular complexity index is 569. The Kier molecular flexibility index (Phi) is 4.81. The van der Waals surface area contributed by atoms with Gasteiger partial charge in [0.25, 0.3) is 5.91 Å². The minimum Gasteiger partial charge on any atom is -0.497 e. The number of methoxy groups -OCH3 is 2. The van der Waals surface area contributed by atoms with Gasteiger partial charge in [-0.1, -0.05) is 11.2 Å². The lowest BCUT2D eigenvalue weighted by Crippen LogP contribution is -2.34. The van der Waals surface area contributed by atoms with Crippen LogP contribution in [-0.4, -0.2) is 38.5 Å². The van der Waals surface area contributed by atoms with E-state index in [-0.39, 0.29) is 5.91 Å². The smallest absolute Gasteiger partial charge is 0.264 e. The molecule has 1 aromatic rings. The van der Waals surface area contributed by atoms with E-state index in [1.54, 1.807) is 32.4 Å². The van der Waals surface area contributed by atoms with Gasteiger partial charge >= 0.3 is 0 Å². The number of rotatable bonds is 6. The molecule has 2 rings (SSSR count). The summed E-state index contributed by atoms with van der Waals surface area (Å²) >= 11 is 0. The van der Waals surface area contributed by atoms with E-state index in [2.05, 4.69) is 17.1 Å². The summed E-state index contributed by atoms with van der Waals surface area (Å²) in [5.41, 5.74) is 1.42. The molecule has 0 aliphatic carbocycles. The first kappa shape index (κ1) is 14.9. The van der Waals surface area contributed by atoms with E-state index in [1.807, 2.05) is 6.07 Å². The van der Waals surface area contributed by atoms with Crippen molar-refractivity contribution in [3.05, 3.63) is 36.4 Å². The molecule has 0 saturated heterocycles. The molecule has 0 radical (unpaired) electrons. The highest BCUT2D eigenvalue weighted by Gasteiger charge is 2.30. The predicted octanol–water partition coefficient (Wildman–Crippen LogP) is 1.50. The van der Waals surface area contributed by atoms with Gasteiger partial charge in [0.05, 0.1) is 19.9 Å². The van der Waals surface area contributed by atoms with Crippen LogP contribution >= 0.6 is 0 Å². The number of nitrogens with zero attached hydrogens (tertiary/aromatic N) is 1. The van der Waals surface area contributed by atoms with Crippen molar-refractivity contribution in [2.75, 3.05) is 20.8 Å². The van der Waals surface area contributed by atoms with Crippen LogP contribution in [0.1, 0.15) is 12.0 Å². The third-order valence-electron chi connectivity index (χ3n) is 3.10. The molecule has 0 aromatic heterocycles. The van der Waals surface area contributed by atoms with Gasteiger partial charge in [-0.05, 0) is 18.2 Å². The monoisotopic (exact) mass is 290 g/mol. The Morgan fingerprint density at radius 1 is 1.52 bits per heavy atom. The molecule has 1 atom stereocenters. The molecule has 0 fully saturated rings. The summed E-state index contributed by atoms with van der Waals surface area (Å²) in [6.07, 6.45) is 1.36. The Hall–Kier alpha value is -2.50. The van der Waals surface area contributed by atoms with Crippen LogP contribution in [0.2, 0.25) is 0 Å². The molecule has 0 spiro atoms. The molecular weight excluding hydrogens is 272 g/mol. The summed E-state index contributed by atoms with van der Waals surface area (Å²) in [6, 6.07) is 5.40. The number of amides is 1. The number of ether oxygens (including phenoxy) is 2. The molecule has 1 aliphatic rings. The van der Waals surface area contributed by atoms with E-state index < -0.39 is 6.10 Å². The standard InChI is InChI=1S/C15H18N2O4/c1-4-7-16-15(18)14-9-12(17-21-14)11-8-10(19-2)5-6-13(11)20-3/h4-6,8,14H,1,7,9H2,2-3H3,(H,16,18). The van der Waals surface area contributed by atoms with Crippen molar-refractivity contribution in [2.24, 2.45) is 5.16 Å². The summed E-state index contributed by atoms with van der Waals surface area (Å²) in [4.78, 5) is 17.0. The highest BCUT2D eigenvalue weighted by atomic mass is 16.6. The van der Waals surface area contributed by atoms with Crippen molar-refractivity contribution in [2.45, 2.75) is 12.5 Å². The second kappa shape index (κ2) is 6.78. The Morgan fingerprint density at radius 2 is 2.33 bits per heavy atom. The zero-order valence-corrected chi connectivity index (χ0v) is 12.1. The van der Waals surface area contributed by atoms with Crippen LogP contribution in [0.15, 0.2) is 36.0 Å². The number of hydrogen-bond donors (Lipinski definition) is 1. The zero-order chi connectivity index (χ0) is 15.2. The van der Waals surface area contributed by atoms with E-state index in [0.717, 1.165) is 5.56 Å². The van der Waals surface area contributed by atoms with Crippen LogP contribution in [0.25, 0.3) is 0 Å². The first-order chi connectivity index (χ1) is 10.2. The van der Waals surface area contributed by atoms with Crippen LogP contribution in [-0.2, 0) is 9.63 Å². The van der Waals surface area contributed by atoms with Crippen LogP contribution in [0.5, 0.6) is 11.5 Å². The number of benzene rings is 1. The van der Waals surface area contributed by atoms with Gasteiger partial charge in [-0.3, -0.25) is 4.79 Å². The SMILES string of the molecule is C=CCNC(=O)C1CC(c2cc(OC)ccc2OC)=NO1. The van der Waals surface area contributed by atoms with Gasteiger partial charge in [0, 0.05) is 18.5 Å². The van der Waals surface area contributed by atoms with E-state index in [1.165, 1.54) is 0 Å². The summed E-state index contributed by atoms with van der Waals surface area (Å²) in [5.74, 6) is 1.13. The summed E-state index contributed by atoms with van der Waals surface area (Å²) < 4.78 is 10.5. The maximum absolute atomic E-state index is 11.8. The molecule has 6 nitrogen and oxygen atoms in total. The van der Waals surface area contributed by atoms with Crippen molar-refractivity contribution in [3.63, 3.8) is 0 Å². The first-order valence-corrected chi connectivity index (χ1v) is 6.53. The van der Waals surface area contributed by atoms with E-state index in [4.69, 9.17) is 14.3 Å². The number of nitrogens with one attached hydrogen (secondary N) is 1. The maximum Gasteiger partial charge on any atom is 0.264 e. The quantitative estimate of drug-likeness (QED) is 0.806. The number of carbonyl (C=O) groups is 1. The number of carbonyl (C=O) groups excluding carboxylic acids is 1. The van der Waals surface area contributed by atoms with Gasteiger partial charge in [-0.15, -0.1) is 6.58 Å². The van der Waals surface area contributed by atoms with Gasteiger partial charge in [-0.2, -0.15) is 0 Å². The lowest BCUT2D eigenvalue weighted by Gasteiger charge is -2.10. The maximum atomic E-state index is 11.8. The predicted molar refractivity (Wildman–Crippen MR) is 78.8 cm³/mol.